The molecule has 4 atom stereocenters. The summed E-state index contributed by atoms with van der Waals surface area (Å²) in [6.07, 6.45) is 2.04. The summed E-state index contributed by atoms with van der Waals surface area (Å²) in [6, 6.07) is 0. The number of likely N-dealkylation sites (tertiary alicyclic amines) is 2. The van der Waals surface area contributed by atoms with Crippen molar-refractivity contribution < 1.29 is 14.9 Å². The number of fused-ring (bicyclic) bond motifs is 1. The Hall–Kier alpha value is -1.85. The van der Waals surface area contributed by atoms with Crippen molar-refractivity contribution in [3.63, 3.8) is 0 Å². The molecule has 0 amide bonds. The van der Waals surface area contributed by atoms with Gasteiger partial charge in [0.2, 0.25) is 0 Å². The molecule has 0 unspecified atom stereocenters. The molecule has 10 heteroatoms. The fraction of sp³-hybridized carbons (Fsp3) is 0.722. The maximum absolute atomic E-state index is 10.6. The van der Waals surface area contributed by atoms with Crippen LogP contribution in [0.15, 0.2) is 12.7 Å². The number of rotatable bonds is 3. The van der Waals surface area contributed by atoms with Gasteiger partial charge in [-0.05, 0) is 26.4 Å². The van der Waals surface area contributed by atoms with E-state index in [9.17, 15) is 10.2 Å². The average Bonchev–Trinajstić information content (AvgIpc) is 3.19. The minimum atomic E-state index is -1.06. The van der Waals surface area contributed by atoms with Gasteiger partial charge in [-0.25, -0.2) is 15.0 Å². The molecule has 0 aliphatic carbocycles. The summed E-state index contributed by atoms with van der Waals surface area (Å²) in [4.78, 5) is 17.1. The molecule has 5 rings (SSSR count). The summed E-state index contributed by atoms with van der Waals surface area (Å²) in [5, 5.41) is 21.3. The number of imidazole rings is 1. The third kappa shape index (κ3) is 2.87. The monoisotopic (exact) mass is 389 g/mol. The highest BCUT2D eigenvalue weighted by Gasteiger charge is 2.48. The predicted molar refractivity (Wildman–Crippen MR) is 101 cm³/mol. The van der Waals surface area contributed by atoms with Crippen molar-refractivity contribution in [2.24, 2.45) is 5.41 Å². The smallest absolute Gasteiger partial charge is 0.167 e. The molecule has 3 fully saturated rings. The van der Waals surface area contributed by atoms with E-state index >= 15 is 0 Å². The highest BCUT2D eigenvalue weighted by atomic mass is 16.6. The molecule has 0 saturated carbocycles. The molecule has 0 bridgehead atoms. The van der Waals surface area contributed by atoms with Crippen LogP contribution in [-0.4, -0.2) is 97.6 Å². The summed E-state index contributed by atoms with van der Waals surface area (Å²) in [7, 11) is 2.15. The highest BCUT2D eigenvalue weighted by molar-refractivity contribution is 5.81. The Labute approximate surface area is 162 Å². The zero-order valence-corrected chi connectivity index (χ0v) is 16.0. The lowest BCUT2D eigenvalue weighted by Gasteiger charge is -2.54. The summed E-state index contributed by atoms with van der Waals surface area (Å²) in [5.74, 6) is 0.275. The van der Waals surface area contributed by atoms with Gasteiger partial charge < -0.3 is 30.5 Å². The van der Waals surface area contributed by atoms with Gasteiger partial charge in [-0.3, -0.25) is 4.57 Å². The molecular formula is C18H27N7O3. The number of nitrogens with two attached hydrogens (primary N) is 1. The van der Waals surface area contributed by atoms with Crippen LogP contribution in [0.5, 0.6) is 0 Å². The van der Waals surface area contributed by atoms with Crippen LogP contribution >= 0.6 is 0 Å². The number of aliphatic hydroxyl groups excluding tert-OH is 2. The van der Waals surface area contributed by atoms with Crippen molar-refractivity contribution in [1.29, 1.82) is 0 Å². The lowest BCUT2D eigenvalue weighted by Crippen LogP contribution is -2.62. The summed E-state index contributed by atoms with van der Waals surface area (Å²) in [6.45, 7) is 4.87. The Morgan fingerprint density at radius 2 is 2.04 bits per heavy atom. The quantitative estimate of drug-likeness (QED) is 0.609. The highest BCUT2D eigenvalue weighted by Crippen LogP contribution is 2.39. The molecule has 0 radical (unpaired) electrons. The molecule has 152 valence electrons. The fourth-order valence-electron chi connectivity index (χ4n) is 5.24. The molecule has 1 spiro atoms. The Bertz CT molecular complexity index is 862. The molecule has 2 aromatic heterocycles. The molecule has 3 aliphatic heterocycles. The molecule has 4 N–H and O–H groups in total. The minimum absolute atomic E-state index is 0.275. The van der Waals surface area contributed by atoms with Crippen LogP contribution in [0.2, 0.25) is 0 Å². The third-order valence-electron chi connectivity index (χ3n) is 6.39. The molecule has 0 aromatic carbocycles. The van der Waals surface area contributed by atoms with Crippen molar-refractivity contribution in [2.75, 3.05) is 45.5 Å². The Morgan fingerprint density at radius 1 is 1.21 bits per heavy atom. The largest absolute Gasteiger partial charge is 0.387 e. The zero-order valence-electron chi connectivity index (χ0n) is 16.0. The maximum Gasteiger partial charge on any atom is 0.167 e. The van der Waals surface area contributed by atoms with E-state index in [1.54, 1.807) is 4.57 Å². The number of nitrogen functional groups attached to an aromatic ring is 1. The van der Waals surface area contributed by atoms with Gasteiger partial charge in [0.25, 0.3) is 0 Å². The summed E-state index contributed by atoms with van der Waals surface area (Å²) >= 11 is 0. The number of anilines is 1. The molecular weight excluding hydrogens is 362 g/mol. The molecule has 3 aliphatic rings. The van der Waals surface area contributed by atoms with E-state index in [1.807, 2.05) is 0 Å². The number of hydrogen-bond donors (Lipinski definition) is 3. The molecule has 28 heavy (non-hydrogen) atoms. The van der Waals surface area contributed by atoms with Crippen LogP contribution in [-0.2, 0) is 4.74 Å². The first-order valence-electron chi connectivity index (χ1n) is 9.81. The first kappa shape index (κ1) is 18.2. The first-order valence-corrected chi connectivity index (χ1v) is 9.81. The Morgan fingerprint density at radius 3 is 2.82 bits per heavy atom. The van der Waals surface area contributed by atoms with Gasteiger partial charge >= 0.3 is 0 Å². The van der Waals surface area contributed by atoms with E-state index in [0.717, 1.165) is 32.6 Å². The Kier molecular flexibility index (Phi) is 4.29. The zero-order chi connectivity index (χ0) is 19.5. The van der Waals surface area contributed by atoms with Gasteiger partial charge in [0.05, 0.1) is 6.33 Å². The van der Waals surface area contributed by atoms with Crippen molar-refractivity contribution in [3.8, 4) is 0 Å². The second-order valence-electron chi connectivity index (χ2n) is 8.64. The number of aromatic nitrogens is 4. The molecule has 3 saturated heterocycles. The van der Waals surface area contributed by atoms with E-state index in [1.165, 1.54) is 19.1 Å². The topological polar surface area (TPSA) is 126 Å². The van der Waals surface area contributed by atoms with Crippen LogP contribution in [0.4, 0.5) is 5.82 Å². The van der Waals surface area contributed by atoms with Gasteiger partial charge in [0.15, 0.2) is 17.7 Å². The standard InChI is InChI=1S/C18H27N7O3/c1-23-6-18(7-23)3-2-4-24(8-18)5-11-13(26)14(27)17(28-11)25-10-22-12-15(19)20-9-21-16(12)25/h9-11,13-14,17,26-27H,2-8H2,1H3,(H2,19,20,21)/t11-,13-,14-,17-/m1/s1. The molecule has 10 nitrogen and oxygen atoms in total. The molecule has 5 heterocycles. The van der Waals surface area contributed by atoms with Gasteiger partial charge in [0, 0.05) is 31.6 Å². The van der Waals surface area contributed by atoms with Gasteiger partial charge in [-0.1, -0.05) is 0 Å². The van der Waals surface area contributed by atoms with Gasteiger partial charge in [0.1, 0.15) is 30.2 Å². The van der Waals surface area contributed by atoms with Crippen molar-refractivity contribution in [2.45, 2.75) is 37.4 Å². The van der Waals surface area contributed by atoms with E-state index in [4.69, 9.17) is 10.5 Å². The predicted octanol–water partition coefficient (Wildman–Crippen LogP) is -0.945. The van der Waals surface area contributed by atoms with Crippen LogP contribution in [0.25, 0.3) is 11.2 Å². The summed E-state index contributed by atoms with van der Waals surface area (Å²) < 4.78 is 7.72. The van der Waals surface area contributed by atoms with E-state index in [-0.39, 0.29) is 5.82 Å². The Balaban J connectivity index is 1.32. The normalized spacial score (nSPS) is 33.5. The maximum atomic E-state index is 10.6. The van der Waals surface area contributed by atoms with Crippen LogP contribution < -0.4 is 5.73 Å². The number of nitrogens with zero attached hydrogens (tertiary/aromatic N) is 6. The van der Waals surface area contributed by atoms with Crippen LogP contribution in [0.1, 0.15) is 19.1 Å². The van der Waals surface area contributed by atoms with E-state index < -0.39 is 24.5 Å². The van der Waals surface area contributed by atoms with Gasteiger partial charge in [-0.15, -0.1) is 0 Å². The second kappa shape index (κ2) is 6.60. The second-order valence-corrected chi connectivity index (χ2v) is 8.64. The number of aliphatic hydroxyl groups is 2. The van der Waals surface area contributed by atoms with Crippen LogP contribution in [0, 0.1) is 5.41 Å². The van der Waals surface area contributed by atoms with E-state index in [0.29, 0.717) is 23.1 Å². The van der Waals surface area contributed by atoms with Crippen molar-refractivity contribution in [3.05, 3.63) is 12.7 Å². The average molecular weight is 389 g/mol. The van der Waals surface area contributed by atoms with E-state index in [2.05, 4.69) is 31.8 Å². The lowest BCUT2D eigenvalue weighted by molar-refractivity contribution is -0.0743. The van der Waals surface area contributed by atoms with Gasteiger partial charge in [-0.2, -0.15) is 0 Å². The minimum Gasteiger partial charge on any atom is -0.387 e. The SMILES string of the molecule is CN1CC2(CCCN(C[C@H]3O[C@@H](n4cnc5c(N)ncnc54)[C@H](O)[C@@H]3O)C2)C1. The number of hydrogen-bond acceptors (Lipinski definition) is 9. The third-order valence-corrected chi connectivity index (χ3v) is 6.39. The first-order chi connectivity index (χ1) is 13.5. The lowest BCUT2D eigenvalue weighted by atomic mass is 9.73. The molecule has 2 aromatic rings. The summed E-state index contributed by atoms with van der Waals surface area (Å²) in [5.41, 5.74) is 7.17. The van der Waals surface area contributed by atoms with Crippen molar-refractivity contribution in [1.82, 2.24) is 29.3 Å². The van der Waals surface area contributed by atoms with Crippen molar-refractivity contribution >= 4 is 17.0 Å². The van der Waals surface area contributed by atoms with Crippen LogP contribution in [0.3, 0.4) is 0 Å². The number of piperidine rings is 1. The fourth-order valence-corrected chi connectivity index (χ4v) is 5.24. The number of ether oxygens (including phenoxy) is 1.